The zero-order chi connectivity index (χ0) is 18.9. The summed E-state index contributed by atoms with van der Waals surface area (Å²) in [4.78, 5) is 4.34. The van der Waals surface area contributed by atoms with Crippen molar-refractivity contribution in [1.29, 1.82) is 0 Å². The molecule has 142 valence electrons. The average Bonchev–Trinajstić information content (AvgIpc) is 3.02. The Hall–Kier alpha value is -2.30. The maximum absolute atomic E-state index is 4.34. The zero-order valence-corrected chi connectivity index (χ0v) is 16.8. The van der Waals surface area contributed by atoms with Crippen LogP contribution in [-0.4, -0.2) is 29.3 Å². The Morgan fingerprint density at radius 1 is 1.15 bits per heavy atom. The number of benzene rings is 1. The number of nitrogens with one attached hydrogen (secondary N) is 2. The van der Waals surface area contributed by atoms with Crippen molar-refractivity contribution >= 4 is 5.96 Å². The first-order chi connectivity index (χ1) is 12.5. The minimum atomic E-state index is 0.215. The fourth-order valence-corrected chi connectivity index (χ4v) is 3.00. The van der Waals surface area contributed by atoms with Crippen molar-refractivity contribution in [3.63, 3.8) is 0 Å². The van der Waals surface area contributed by atoms with Crippen LogP contribution in [0.1, 0.15) is 49.9 Å². The number of guanidine groups is 1. The summed E-state index contributed by atoms with van der Waals surface area (Å²) in [6, 6.07) is 9.11. The molecule has 26 heavy (non-hydrogen) atoms. The third kappa shape index (κ3) is 6.54. The number of aliphatic imine (C=N–C) groups is 1. The van der Waals surface area contributed by atoms with E-state index in [1.165, 1.54) is 16.7 Å². The van der Waals surface area contributed by atoms with Crippen LogP contribution in [0.5, 0.6) is 0 Å². The van der Waals surface area contributed by atoms with Gasteiger partial charge in [-0.1, -0.05) is 38.1 Å². The van der Waals surface area contributed by atoms with E-state index in [9.17, 15) is 0 Å². The van der Waals surface area contributed by atoms with Crippen LogP contribution in [-0.2, 0) is 19.9 Å². The first-order valence-electron chi connectivity index (χ1n) is 9.51. The second kappa shape index (κ2) is 10.00. The SMILES string of the molecule is CN=C(NCCCc1cnn(C)c1)NC(C)c1ccc(CC(C)C)cc1. The van der Waals surface area contributed by atoms with Crippen LogP contribution < -0.4 is 10.6 Å². The van der Waals surface area contributed by atoms with Crippen molar-refractivity contribution in [3.8, 4) is 0 Å². The van der Waals surface area contributed by atoms with E-state index in [1.807, 2.05) is 25.0 Å². The van der Waals surface area contributed by atoms with Gasteiger partial charge in [-0.25, -0.2) is 0 Å². The van der Waals surface area contributed by atoms with Gasteiger partial charge < -0.3 is 10.6 Å². The highest BCUT2D eigenvalue weighted by atomic mass is 15.2. The maximum Gasteiger partial charge on any atom is 0.191 e. The number of nitrogens with zero attached hydrogens (tertiary/aromatic N) is 3. The van der Waals surface area contributed by atoms with Crippen LogP contribution in [0.4, 0.5) is 0 Å². The standard InChI is InChI=1S/C21H33N5/c1-16(2)13-18-8-10-20(11-9-18)17(3)25-21(22-4)23-12-6-7-19-14-24-26(5)15-19/h8-11,14-17H,6-7,12-13H2,1-5H3,(H2,22,23,25). The van der Waals surface area contributed by atoms with E-state index >= 15 is 0 Å². The molecule has 1 atom stereocenters. The molecular formula is C21H33N5. The van der Waals surface area contributed by atoms with E-state index in [-0.39, 0.29) is 6.04 Å². The van der Waals surface area contributed by atoms with Crippen LogP contribution in [0.15, 0.2) is 41.7 Å². The van der Waals surface area contributed by atoms with Crippen molar-refractivity contribution < 1.29 is 0 Å². The summed E-state index contributed by atoms with van der Waals surface area (Å²) in [5.41, 5.74) is 3.94. The molecule has 2 rings (SSSR count). The lowest BCUT2D eigenvalue weighted by atomic mass is 10.00. The third-order valence-electron chi connectivity index (χ3n) is 4.39. The molecule has 1 heterocycles. The van der Waals surface area contributed by atoms with Gasteiger partial charge in [0, 0.05) is 26.8 Å². The first-order valence-corrected chi connectivity index (χ1v) is 9.51. The molecule has 1 unspecified atom stereocenters. The lowest BCUT2D eigenvalue weighted by molar-refractivity contribution is 0.645. The molecule has 0 aliphatic heterocycles. The highest BCUT2D eigenvalue weighted by molar-refractivity contribution is 5.80. The predicted octanol–water partition coefficient (Wildman–Crippen LogP) is 3.48. The summed E-state index contributed by atoms with van der Waals surface area (Å²) < 4.78 is 1.84. The Kier molecular flexibility index (Phi) is 7.70. The molecule has 0 saturated heterocycles. The predicted molar refractivity (Wildman–Crippen MR) is 109 cm³/mol. The van der Waals surface area contributed by atoms with Crippen LogP contribution in [0.2, 0.25) is 0 Å². The fraction of sp³-hybridized carbons (Fsp3) is 0.524. The van der Waals surface area contributed by atoms with Gasteiger partial charge in [0.25, 0.3) is 0 Å². The third-order valence-corrected chi connectivity index (χ3v) is 4.39. The Morgan fingerprint density at radius 2 is 1.88 bits per heavy atom. The van der Waals surface area contributed by atoms with Crippen molar-refractivity contribution in [2.75, 3.05) is 13.6 Å². The van der Waals surface area contributed by atoms with E-state index in [2.05, 4.69) is 72.0 Å². The summed E-state index contributed by atoms with van der Waals surface area (Å²) in [7, 11) is 3.76. The Bertz CT molecular complexity index is 685. The van der Waals surface area contributed by atoms with E-state index in [0.717, 1.165) is 31.8 Å². The minimum Gasteiger partial charge on any atom is -0.356 e. The van der Waals surface area contributed by atoms with Crippen molar-refractivity contribution in [2.24, 2.45) is 18.0 Å². The molecule has 0 bridgehead atoms. The van der Waals surface area contributed by atoms with Crippen LogP contribution in [0, 0.1) is 5.92 Å². The first kappa shape index (κ1) is 20.0. The molecule has 2 N–H and O–H groups in total. The highest BCUT2D eigenvalue weighted by Crippen LogP contribution is 2.15. The summed E-state index contributed by atoms with van der Waals surface area (Å²) in [5.74, 6) is 1.53. The van der Waals surface area contributed by atoms with Crippen LogP contribution in [0.3, 0.4) is 0 Å². The zero-order valence-electron chi connectivity index (χ0n) is 16.8. The lowest BCUT2D eigenvalue weighted by Crippen LogP contribution is -2.39. The maximum atomic E-state index is 4.34. The van der Waals surface area contributed by atoms with Gasteiger partial charge in [0.2, 0.25) is 0 Å². The monoisotopic (exact) mass is 355 g/mol. The number of rotatable bonds is 8. The molecular weight excluding hydrogens is 322 g/mol. The lowest BCUT2D eigenvalue weighted by Gasteiger charge is -2.18. The molecule has 1 aromatic carbocycles. The Labute approximate surface area is 157 Å². The molecule has 0 amide bonds. The van der Waals surface area contributed by atoms with E-state index in [0.29, 0.717) is 5.92 Å². The molecule has 1 aromatic heterocycles. The quantitative estimate of drug-likeness (QED) is 0.433. The Balaban J connectivity index is 1.77. The summed E-state index contributed by atoms with van der Waals surface area (Å²) in [6.07, 6.45) is 7.19. The molecule has 5 nitrogen and oxygen atoms in total. The van der Waals surface area contributed by atoms with Gasteiger partial charge in [-0.05, 0) is 48.8 Å². The van der Waals surface area contributed by atoms with E-state index in [1.54, 1.807) is 0 Å². The molecule has 0 radical (unpaired) electrons. The molecule has 0 fully saturated rings. The van der Waals surface area contributed by atoms with E-state index in [4.69, 9.17) is 0 Å². The number of hydrogen-bond donors (Lipinski definition) is 2. The number of aryl methyl sites for hydroxylation is 2. The van der Waals surface area contributed by atoms with Crippen molar-refractivity contribution in [2.45, 2.75) is 46.1 Å². The normalized spacial score (nSPS) is 13.1. The molecule has 0 spiro atoms. The van der Waals surface area contributed by atoms with Crippen molar-refractivity contribution in [3.05, 3.63) is 53.3 Å². The number of hydrogen-bond acceptors (Lipinski definition) is 2. The molecule has 0 aliphatic carbocycles. The second-order valence-corrected chi connectivity index (χ2v) is 7.33. The molecule has 5 heteroatoms. The minimum absolute atomic E-state index is 0.215. The Morgan fingerprint density at radius 3 is 2.46 bits per heavy atom. The molecule has 2 aromatic rings. The van der Waals surface area contributed by atoms with Gasteiger partial charge in [0.05, 0.1) is 12.2 Å². The van der Waals surface area contributed by atoms with Gasteiger partial charge in [0.15, 0.2) is 5.96 Å². The highest BCUT2D eigenvalue weighted by Gasteiger charge is 2.08. The molecule has 0 saturated carbocycles. The van der Waals surface area contributed by atoms with E-state index < -0.39 is 0 Å². The smallest absolute Gasteiger partial charge is 0.191 e. The largest absolute Gasteiger partial charge is 0.356 e. The summed E-state index contributed by atoms with van der Waals surface area (Å²) in [5, 5.41) is 11.1. The van der Waals surface area contributed by atoms with Gasteiger partial charge >= 0.3 is 0 Å². The van der Waals surface area contributed by atoms with Gasteiger partial charge in [-0.3, -0.25) is 9.67 Å². The average molecular weight is 356 g/mol. The van der Waals surface area contributed by atoms with Crippen molar-refractivity contribution in [1.82, 2.24) is 20.4 Å². The van der Waals surface area contributed by atoms with Gasteiger partial charge in [-0.15, -0.1) is 0 Å². The topological polar surface area (TPSA) is 54.2 Å². The fourth-order valence-electron chi connectivity index (χ4n) is 3.00. The van der Waals surface area contributed by atoms with Gasteiger partial charge in [-0.2, -0.15) is 5.10 Å². The van der Waals surface area contributed by atoms with Crippen LogP contribution >= 0.6 is 0 Å². The van der Waals surface area contributed by atoms with Gasteiger partial charge in [0.1, 0.15) is 0 Å². The second-order valence-electron chi connectivity index (χ2n) is 7.33. The number of aromatic nitrogens is 2. The van der Waals surface area contributed by atoms with Crippen LogP contribution in [0.25, 0.3) is 0 Å². The summed E-state index contributed by atoms with van der Waals surface area (Å²) >= 11 is 0. The molecule has 0 aliphatic rings. The summed E-state index contributed by atoms with van der Waals surface area (Å²) in [6.45, 7) is 7.55.